The van der Waals surface area contributed by atoms with Crippen LogP contribution in [0.15, 0.2) is 0 Å². The molecule has 2 fully saturated rings. The van der Waals surface area contributed by atoms with Gasteiger partial charge in [-0.25, -0.2) is 9.52 Å². The van der Waals surface area contributed by atoms with Gasteiger partial charge < -0.3 is 9.64 Å². The van der Waals surface area contributed by atoms with Gasteiger partial charge in [0.1, 0.15) is 5.60 Å². The Kier molecular flexibility index (Phi) is 4.27. The number of likely N-dealkylation sites (tertiary alicyclic amines) is 1. The molecule has 0 aromatic rings. The summed E-state index contributed by atoms with van der Waals surface area (Å²) >= 11 is 0. The van der Waals surface area contributed by atoms with Crippen molar-refractivity contribution >= 4 is 16.3 Å². The van der Waals surface area contributed by atoms with Crippen LogP contribution in [0.1, 0.15) is 33.6 Å². The summed E-state index contributed by atoms with van der Waals surface area (Å²) in [6.45, 7) is 7.39. The van der Waals surface area contributed by atoms with Crippen LogP contribution in [0.2, 0.25) is 0 Å². The number of ether oxygens (including phenoxy) is 1. The zero-order chi connectivity index (χ0) is 15.0. The first-order valence-corrected chi connectivity index (χ1v) is 8.37. The number of nitrogens with one attached hydrogen (secondary N) is 1. The molecule has 1 unspecified atom stereocenters. The maximum atomic E-state index is 12.0. The predicted molar refractivity (Wildman–Crippen MR) is 74.5 cm³/mol. The molecule has 0 bridgehead atoms. The molecule has 0 spiro atoms. The summed E-state index contributed by atoms with van der Waals surface area (Å²) in [5.41, 5.74) is -0.534. The van der Waals surface area contributed by atoms with Crippen molar-refractivity contribution in [2.24, 2.45) is 0 Å². The Hall–Kier alpha value is -0.860. The van der Waals surface area contributed by atoms with Gasteiger partial charge >= 0.3 is 6.09 Å². The average Bonchev–Trinajstić information content (AvgIpc) is 2.75. The number of hydrogen-bond acceptors (Lipinski definition) is 4. The van der Waals surface area contributed by atoms with E-state index in [2.05, 4.69) is 4.72 Å². The second-order valence-corrected chi connectivity index (χ2v) is 7.94. The van der Waals surface area contributed by atoms with Crippen molar-refractivity contribution in [2.45, 2.75) is 45.3 Å². The summed E-state index contributed by atoms with van der Waals surface area (Å²) in [4.78, 5) is 13.6. The Morgan fingerprint density at radius 3 is 2.60 bits per heavy atom. The summed E-state index contributed by atoms with van der Waals surface area (Å²) < 4.78 is 33.2. The van der Waals surface area contributed by atoms with Crippen LogP contribution >= 0.6 is 0 Å². The fourth-order valence-corrected chi connectivity index (χ4v) is 3.99. The second-order valence-electron chi connectivity index (χ2n) is 6.23. The molecule has 0 saturated carbocycles. The van der Waals surface area contributed by atoms with Gasteiger partial charge in [-0.1, -0.05) is 0 Å². The van der Waals surface area contributed by atoms with Gasteiger partial charge in [0.05, 0.1) is 0 Å². The van der Waals surface area contributed by atoms with Crippen molar-refractivity contribution in [1.82, 2.24) is 13.9 Å². The van der Waals surface area contributed by atoms with E-state index in [0.717, 1.165) is 6.42 Å². The van der Waals surface area contributed by atoms with Crippen molar-refractivity contribution in [2.75, 3.05) is 26.2 Å². The minimum Gasteiger partial charge on any atom is -0.444 e. The molecule has 1 N–H and O–H groups in total. The van der Waals surface area contributed by atoms with Crippen molar-refractivity contribution in [3.05, 3.63) is 0 Å². The highest BCUT2D eigenvalue weighted by Gasteiger charge is 2.38. The van der Waals surface area contributed by atoms with Crippen molar-refractivity contribution in [3.8, 4) is 0 Å². The molecule has 2 heterocycles. The van der Waals surface area contributed by atoms with E-state index in [-0.39, 0.29) is 12.1 Å². The third kappa shape index (κ3) is 3.62. The third-order valence-corrected chi connectivity index (χ3v) is 5.04. The molecule has 0 aromatic carbocycles. The fraction of sp³-hybridized carbons (Fsp3) is 0.917. The largest absolute Gasteiger partial charge is 0.444 e. The van der Waals surface area contributed by atoms with E-state index >= 15 is 0 Å². The van der Waals surface area contributed by atoms with Crippen molar-refractivity contribution in [3.63, 3.8) is 0 Å². The van der Waals surface area contributed by atoms with Gasteiger partial charge in [0, 0.05) is 32.2 Å². The molecule has 0 radical (unpaired) electrons. The molecular formula is C12H23N3O4S. The minimum absolute atomic E-state index is 0.152. The van der Waals surface area contributed by atoms with E-state index in [1.165, 1.54) is 4.31 Å². The van der Waals surface area contributed by atoms with Gasteiger partial charge in [-0.3, -0.25) is 0 Å². The molecule has 7 nitrogen and oxygen atoms in total. The summed E-state index contributed by atoms with van der Waals surface area (Å²) in [5.74, 6) is 0. The standard InChI is InChI=1S/C12H23N3O4S/c1-12(2,3)19-11(16)14-8-5-10(9-14)15-7-4-6-13-20(15,17)18/h10,13H,4-9H2,1-3H3. The quantitative estimate of drug-likeness (QED) is 0.767. The molecule has 1 atom stereocenters. The SMILES string of the molecule is CC(C)(C)OC(=O)N1CCC(N2CCCNS2(=O)=O)C1. The molecule has 2 aliphatic heterocycles. The number of carbonyl (C=O) groups excluding carboxylic acids is 1. The average molecular weight is 305 g/mol. The third-order valence-electron chi connectivity index (χ3n) is 3.37. The van der Waals surface area contributed by atoms with E-state index in [1.54, 1.807) is 4.90 Å². The Bertz CT molecular complexity index is 472. The summed E-state index contributed by atoms with van der Waals surface area (Å²) in [6, 6.07) is -0.152. The topological polar surface area (TPSA) is 79.0 Å². The lowest BCUT2D eigenvalue weighted by Gasteiger charge is -2.31. The van der Waals surface area contributed by atoms with Gasteiger partial charge in [-0.05, 0) is 33.6 Å². The van der Waals surface area contributed by atoms with Crippen LogP contribution in [-0.4, -0.2) is 61.5 Å². The smallest absolute Gasteiger partial charge is 0.410 e. The number of amides is 1. The number of rotatable bonds is 1. The summed E-state index contributed by atoms with van der Waals surface area (Å²) in [5, 5.41) is 0. The van der Waals surface area contributed by atoms with Crippen LogP contribution in [0.25, 0.3) is 0 Å². The molecule has 1 amide bonds. The molecule has 20 heavy (non-hydrogen) atoms. The predicted octanol–water partition coefficient (Wildman–Crippen LogP) is 0.536. The number of nitrogens with zero attached hydrogens (tertiary/aromatic N) is 2. The molecule has 2 aliphatic rings. The Morgan fingerprint density at radius 2 is 2.00 bits per heavy atom. The van der Waals surface area contributed by atoms with E-state index in [9.17, 15) is 13.2 Å². The van der Waals surface area contributed by atoms with Crippen molar-refractivity contribution in [1.29, 1.82) is 0 Å². The second kappa shape index (κ2) is 5.50. The molecule has 2 rings (SSSR count). The monoisotopic (exact) mass is 305 g/mol. The van der Waals surface area contributed by atoms with Crippen LogP contribution in [0.3, 0.4) is 0 Å². The van der Waals surface area contributed by atoms with E-state index in [1.807, 2.05) is 20.8 Å². The zero-order valence-corrected chi connectivity index (χ0v) is 13.1. The Morgan fingerprint density at radius 1 is 1.30 bits per heavy atom. The number of hydrogen-bond donors (Lipinski definition) is 1. The van der Waals surface area contributed by atoms with Crippen LogP contribution in [-0.2, 0) is 14.9 Å². The first-order valence-electron chi connectivity index (χ1n) is 6.93. The molecule has 2 saturated heterocycles. The Labute approximate surface area is 120 Å². The van der Waals surface area contributed by atoms with Crippen molar-refractivity contribution < 1.29 is 17.9 Å². The van der Waals surface area contributed by atoms with E-state index in [4.69, 9.17) is 4.74 Å². The summed E-state index contributed by atoms with van der Waals surface area (Å²) in [7, 11) is -3.39. The molecule has 0 aromatic heterocycles. The van der Waals surface area contributed by atoms with Gasteiger partial charge in [0.15, 0.2) is 0 Å². The van der Waals surface area contributed by atoms with Gasteiger partial charge in [0.25, 0.3) is 10.2 Å². The van der Waals surface area contributed by atoms with Crippen LogP contribution in [0.4, 0.5) is 4.79 Å². The molecule has 116 valence electrons. The number of carbonyl (C=O) groups is 1. The van der Waals surface area contributed by atoms with Gasteiger partial charge in [0.2, 0.25) is 0 Å². The first kappa shape index (κ1) is 15.5. The van der Waals surface area contributed by atoms with Gasteiger partial charge in [-0.15, -0.1) is 0 Å². The first-order chi connectivity index (χ1) is 9.19. The lowest BCUT2D eigenvalue weighted by atomic mass is 10.2. The maximum Gasteiger partial charge on any atom is 0.410 e. The highest BCUT2D eigenvalue weighted by Crippen LogP contribution is 2.22. The highest BCUT2D eigenvalue weighted by atomic mass is 32.2. The van der Waals surface area contributed by atoms with E-state index < -0.39 is 15.8 Å². The lowest BCUT2D eigenvalue weighted by molar-refractivity contribution is 0.0286. The molecule has 0 aliphatic carbocycles. The van der Waals surface area contributed by atoms with Crippen LogP contribution in [0, 0.1) is 0 Å². The Balaban J connectivity index is 1.97. The van der Waals surface area contributed by atoms with Gasteiger partial charge in [-0.2, -0.15) is 12.7 Å². The van der Waals surface area contributed by atoms with Crippen LogP contribution in [0.5, 0.6) is 0 Å². The molecule has 8 heteroatoms. The van der Waals surface area contributed by atoms with Crippen LogP contribution < -0.4 is 4.72 Å². The highest BCUT2D eigenvalue weighted by molar-refractivity contribution is 7.87. The lowest BCUT2D eigenvalue weighted by Crippen LogP contribution is -2.52. The summed E-state index contributed by atoms with van der Waals surface area (Å²) in [6.07, 6.45) is 1.07. The van der Waals surface area contributed by atoms with E-state index in [0.29, 0.717) is 32.6 Å². The maximum absolute atomic E-state index is 12.0. The fourth-order valence-electron chi connectivity index (χ4n) is 2.49. The zero-order valence-electron chi connectivity index (χ0n) is 12.3. The molecular weight excluding hydrogens is 282 g/mol. The normalized spacial score (nSPS) is 27.6. The minimum atomic E-state index is -3.39.